The Morgan fingerprint density at radius 2 is 2.12 bits per heavy atom. The SMILES string of the molecule is CCc1ccc(CNC(=O)c2cc(C3CC3)nc3c2c(C)nn3C)s1. The molecular formula is C19H22N4OS. The van der Waals surface area contributed by atoms with E-state index in [1.807, 2.05) is 20.0 Å². The fraction of sp³-hybridized carbons (Fsp3) is 0.421. The lowest BCUT2D eigenvalue weighted by atomic mass is 10.1. The average Bonchev–Trinajstić information content (AvgIpc) is 3.29. The van der Waals surface area contributed by atoms with Crippen molar-refractivity contribution in [2.45, 2.75) is 45.6 Å². The number of nitrogens with one attached hydrogen (secondary N) is 1. The highest BCUT2D eigenvalue weighted by atomic mass is 32.1. The van der Waals surface area contributed by atoms with Gasteiger partial charge in [0.05, 0.1) is 23.2 Å². The molecule has 0 aliphatic heterocycles. The average molecular weight is 354 g/mol. The van der Waals surface area contributed by atoms with Crippen molar-refractivity contribution >= 4 is 28.3 Å². The molecule has 25 heavy (non-hydrogen) atoms. The maximum absolute atomic E-state index is 12.9. The Morgan fingerprint density at radius 1 is 1.36 bits per heavy atom. The molecule has 4 rings (SSSR count). The molecule has 0 saturated heterocycles. The van der Waals surface area contributed by atoms with Gasteiger partial charge in [0.25, 0.3) is 5.91 Å². The minimum atomic E-state index is -0.0446. The molecule has 0 bridgehead atoms. The number of fused-ring (bicyclic) bond motifs is 1. The van der Waals surface area contributed by atoms with Crippen molar-refractivity contribution in [2.75, 3.05) is 0 Å². The molecule has 1 N–H and O–H groups in total. The Labute approximate surface area is 151 Å². The number of nitrogens with zero attached hydrogens (tertiary/aromatic N) is 3. The van der Waals surface area contributed by atoms with E-state index in [-0.39, 0.29) is 5.91 Å². The number of carbonyl (C=O) groups is 1. The van der Waals surface area contributed by atoms with Crippen molar-refractivity contribution in [3.8, 4) is 0 Å². The molecule has 0 atom stereocenters. The van der Waals surface area contributed by atoms with Gasteiger partial charge in [-0.05, 0) is 44.4 Å². The number of pyridine rings is 1. The van der Waals surface area contributed by atoms with Gasteiger partial charge in [-0.3, -0.25) is 9.48 Å². The third-order valence-electron chi connectivity index (χ3n) is 4.72. The van der Waals surface area contributed by atoms with Crippen molar-refractivity contribution in [1.82, 2.24) is 20.1 Å². The molecule has 0 unspecified atom stereocenters. The standard InChI is InChI=1S/C19H22N4OS/c1-4-13-7-8-14(25-13)10-20-19(24)15-9-16(12-5-6-12)21-18-17(15)11(2)22-23(18)3/h7-9,12H,4-6,10H2,1-3H3,(H,20,24). The van der Waals surface area contributed by atoms with Crippen LogP contribution in [0.1, 0.15) is 57.2 Å². The maximum atomic E-state index is 12.9. The predicted octanol–water partition coefficient (Wildman–Crippen LogP) is 3.71. The van der Waals surface area contributed by atoms with Crippen LogP contribution in [-0.2, 0) is 20.0 Å². The molecule has 5 nitrogen and oxygen atoms in total. The Hall–Kier alpha value is -2.21. The van der Waals surface area contributed by atoms with Gasteiger partial charge in [0.1, 0.15) is 0 Å². The number of aryl methyl sites for hydroxylation is 3. The zero-order chi connectivity index (χ0) is 17.6. The Morgan fingerprint density at radius 3 is 2.80 bits per heavy atom. The summed E-state index contributed by atoms with van der Waals surface area (Å²) in [4.78, 5) is 20.2. The molecule has 130 valence electrons. The topological polar surface area (TPSA) is 59.8 Å². The fourth-order valence-electron chi connectivity index (χ4n) is 3.20. The lowest BCUT2D eigenvalue weighted by Crippen LogP contribution is -2.23. The van der Waals surface area contributed by atoms with E-state index in [1.54, 1.807) is 16.0 Å². The van der Waals surface area contributed by atoms with Gasteiger partial charge in [-0.15, -0.1) is 11.3 Å². The maximum Gasteiger partial charge on any atom is 0.252 e. The van der Waals surface area contributed by atoms with Gasteiger partial charge in [0, 0.05) is 28.4 Å². The third kappa shape index (κ3) is 3.06. The molecule has 1 aliphatic carbocycles. The predicted molar refractivity (Wildman–Crippen MR) is 100 cm³/mol. The summed E-state index contributed by atoms with van der Waals surface area (Å²) in [6.45, 7) is 4.64. The minimum Gasteiger partial charge on any atom is -0.347 e. The number of rotatable bonds is 5. The summed E-state index contributed by atoms with van der Waals surface area (Å²) in [5, 5.41) is 8.40. The third-order valence-corrected chi connectivity index (χ3v) is 5.95. The largest absolute Gasteiger partial charge is 0.347 e. The molecule has 3 aromatic rings. The van der Waals surface area contributed by atoms with Gasteiger partial charge in [-0.25, -0.2) is 4.98 Å². The van der Waals surface area contributed by atoms with E-state index in [9.17, 15) is 4.79 Å². The molecule has 1 amide bonds. The first-order chi connectivity index (χ1) is 12.1. The van der Waals surface area contributed by atoms with E-state index in [0.29, 0.717) is 18.0 Å². The van der Waals surface area contributed by atoms with Gasteiger partial charge >= 0.3 is 0 Å². The molecule has 0 aromatic carbocycles. The molecule has 0 radical (unpaired) electrons. The highest BCUT2D eigenvalue weighted by Crippen LogP contribution is 2.40. The molecule has 1 saturated carbocycles. The van der Waals surface area contributed by atoms with Crippen LogP contribution in [0.2, 0.25) is 0 Å². The summed E-state index contributed by atoms with van der Waals surface area (Å²) >= 11 is 1.76. The minimum absolute atomic E-state index is 0.0446. The second-order valence-electron chi connectivity index (χ2n) is 6.68. The highest BCUT2D eigenvalue weighted by molar-refractivity contribution is 7.11. The smallest absolute Gasteiger partial charge is 0.252 e. The quantitative estimate of drug-likeness (QED) is 0.760. The molecule has 6 heteroatoms. The van der Waals surface area contributed by atoms with E-state index < -0.39 is 0 Å². The summed E-state index contributed by atoms with van der Waals surface area (Å²) in [6.07, 6.45) is 3.35. The van der Waals surface area contributed by atoms with E-state index in [4.69, 9.17) is 4.98 Å². The zero-order valence-corrected chi connectivity index (χ0v) is 15.6. The van der Waals surface area contributed by atoms with Crippen LogP contribution in [0, 0.1) is 6.92 Å². The van der Waals surface area contributed by atoms with Crippen molar-refractivity contribution in [2.24, 2.45) is 7.05 Å². The first-order valence-electron chi connectivity index (χ1n) is 8.76. The highest BCUT2D eigenvalue weighted by Gasteiger charge is 2.28. The monoisotopic (exact) mass is 354 g/mol. The molecule has 3 aromatic heterocycles. The van der Waals surface area contributed by atoms with Crippen LogP contribution in [0.5, 0.6) is 0 Å². The van der Waals surface area contributed by atoms with Crippen molar-refractivity contribution in [3.05, 3.63) is 44.9 Å². The van der Waals surface area contributed by atoms with Crippen LogP contribution in [-0.4, -0.2) is 20.7 Å². The fourth-order valence-corrected chi connectivity index (χ4v) is 4.10. The van der Waals surface area contributed by atoms with Gasteiger partial charge in [-0.2, -0.15) is 5.10 Å². The van der Waals surface area contributed by atoms with Crippen molar-refractivity contribution in [3.63, 3.8) is 0 Å². The number of carbonyl (C=O) groups excluding carboxylic acids is 1. The van der Waals surface area contributed by atoms with Crippen LogP contribution in [0.3, 0.4) is 0 Å². The second kappa shape index (κ2) is 6.26. The lowest BCUT2D eigenvalue weighted by molar-refractivity contribution is 0.0952. The normalized spacial score (nSPS) is 14.2. The van der Waals surface area contributed by atoms with Gasteiger partial charge in [0.2, 0.25) is 0 Å². The Kier molecular flexibility index (Phi) is 4.07. The van der Waals surface area contributed by atoms with Crippen LogP contribution in [0.4, 0.5) is 0 Å². The van der Waals surface area contributed by atoms with Crippen molar-refractivity contribution < 1.29 is 4.79 Å². The summed E-state index contributed by atoms with van der Waals surface area (Å²) in [6, 6.07) is 6.19. The summed E-state index contributed by atoms with van der Waals surface area (Å²) in [7, 11) is 1.89. The molecule has 3 heterocycles. The molecule has 1 aliphatic rings. The Balaban J connectivity index is 1.65. The van der Waals surface area contributed by atoms with Gasteiger partial charge in [0.15, 0.2) is 5.65 Å². The van der Waals surface area contributed by atoms with Crippen LogP contribution < -0.4 is 5.32 Å². The second-order valence-corrected chi connectivity index (χ2v) is 7.93. The first-order valence-corrected chi connectivity index (χ1v) is 9.58. The number of hydrogen-bond acceptors (Lipinski definition) is 4. The van der Waals surface area contributed by atoms with Gasteiger partial charge in [-0.1, -0.05) is 6.92 Å². The number of amides is 1. The van der Waals surface area contributed by atoms with E-state index in [1.165, 1.54) is 9.75 Å². The summed E-state index contributed by atoms with van der Waals surface area (Å²) in [5.41, 5.74) is 3.37. The Bertz CT molecular complexity index is 952. The lowest BCUT2D eigenvalue weighted by Gasteiger charge is -2.08. The summed E-state index contributed by atoms with van der Waals surface area (Å²) in [5.74, 6) is 0.451. The first kappa shape index (κ1) is 16.3. The van der Waals surface area contributed by atoms with E-state index in [0.717, 1.165) is 41.7 Å². The van der Waals surface area contributed by atoms with E-state index in [2.05, 4.69) is 29.5 Å². The summed E-state index contributed by atoms with van der Waals surface area (Å²) < 4.78 is 1.78. The van der Waals surface area contributed by atoms with Gasteiger partial charge < -0.3 is 5.32 Å². The van der Waals surface area contributed by atoms with Crippen molar-refractivity contribution in [1.29, 1.82) is 0 Å². The zero-order valence-electron chi connectivity index (χ0n) is 14.8. The van der Waals surface area contributed by atoms with Crippen LogP contribution in [0.25, 0.3) is 11.0 Å². The van der Waals surface area contributed by atoms with Crippen LogP contribution >= 0.6 is 11.3 Å². The van der Waals surface area contributed by atoms with Crippen LogP contribution in [0.15, 0.2) is 18.2 Å². The van der Waals surface area contributed by atoms with E-state index >= 15 is 0 Å². The number of thiophene rings is 1. The molecule has 1 fully saturated rings. The molecular weight excluding hydrogens is 332 g/mol. The molecule has 0 spiro atoms. The number of aromatic nitrogens is 3. The number of hydrogen-bond donors (Lipinski definition) is 1.